The minimum atomic E-state index is -0.873. The van der Waals surface area contributed by atoms with Crippen LogP contribution in [0.2, 0.25) is 5.15 Å². The van der Waals surface area contributed by atoms with Crippen LogP contribution in [0.15, 0.2) is 33.9 Å². The number of benzene rings is 1. The number of rotatable bonds is 2. The fourth-order valence-corrected chi connectivity index (χ4v) is 2.82. The van der Waals surface area contributed by atoms with E-state index in [0.717, 1.165) is 10.6 Å². The molecule has 0 bridgehead atoms. The largest absolute Gasteiger partial charge is 0.334 e. The van der Waals surface area contributed by atoms with E-state index in [0.29, 0.717) is 11.3 Å². The molecule has 3 rings (SSSR count). The Balaban J connectivity index is 2.59. The molecule has 0 aliphatic heterocycles. The Kier molecular flexibility index (Phi) is 4.15. The van der Waals surface area contributed by atoms with Crippen molar-refractivity contribution in [3.8, 4) is 11.8 Å². The quantitative estimate of drug-likeness (QED) is 0.713. The average Bonchev–Trinajstić information content (AvgIpc) is 2.56. The Morgan fingerprint density at radius 1 is 1.36 bits per heavy atom. The molecule has 0 aliphatic carbocycles. The van der Waals surface area contributed by atoms with Gasteiger partial charge in [-0.3, -0.25) is 9.78 Å². The fraction of sp³-hybridized carbons (Fsp3) is 0.176. The standard InChI is InChI=1S/C17H12ClFN4O2/c1-8(2)10-5-3-4-9(7-20)13(10)23-15-11(16(24)22-17(23)25)6-12(19)14(18)21-15/h3-6,8H,1-2H3,(H,22,24,25). The minimum Gasteiger partial charge on any atom is -0.273 e. The Morgan fingerprint density at radius 2 is 2.08 bits per heavy atom. The van der Waals surface area contributed by atoms with E-state index in [1.807, 2.05) is 19.9 Å². The maximum absolute atomic E-state index is 13.7. The van der Waals surface area contributed by atoms with E-state index in [1.54, 1.807) is 18.2 Å². The van der Waals surface area contributed by atoms with Gasteiger partial charge in [-0.05, 0) is 23.6 Å². The van der Waals surface area contributed by atoms with Crippen LogP contribution in [0.3, 0.4) is 0 Å². The predicted molar refractivity (Wildman–Crippen MR) is 91.7 cm³/mol. The van der Waals surface area contributed by atoms with Crippen LogP contribution in [0, 0.1) is 17.1 Å². The van der Waals surface area contributed by atoms with Gasteiger partial charge >= 0.3 is 5.69 Å². The molecule has 0 fully saturated rings. The first kappa shape index (κ1) is 16.9. The number of fused-ring (bicyclic) bond motifs is 1. The molecule has 0 atom stereocenters. The molecule has 126 valence electrons. The molecule has 3 aromatic rings. The topological polar surface area (TPSA) is 91.5 Å². The minimum absolute atomic E-state index is 0.0203. The van der Waals surface area contributed by atoms with Crippen LogP contribution in [-0.4, -0.2) is 14.5 Å². The SMILES string of the molecule is CC(C)c1cccc(C#N)c1-n1c(=O)[nH]c(=O)c2cc(F)c(Cl)nc21. The number of hydrogen-bond acceptors (Lipinski definition) is 4. The maximum atomic E-state index is 13.7. The number of nitrogens with zero attached hydrogens (tertiary/aromatic N) is 3. The molecule has 0 aliphatic rings. The number of nitriles is 1. The van der Waals surface area contributed by atoms with Crippen LogP contribution in [0.1, 0.15) is 30.9 Å². The molecule has 0 spiro atoms. The summed E-state index contributed by atoms with van der Waals surface area (Å²) in [6, 6.07) is 7.98. The first-order valence-corrected chi connectivity index (χ1v) is 7.77. The van der Waals surface area contributed by atoms with E-state index in [1.165, 1.54) is 0 Å². The number of hydrogen-bond donors (Lipinski definition) is 1. The summed E-state index contributed by atoms with van der Waals surface area (Å²) in [6.45, 7) is 3.80. The molecular weight excluding hydrogens is 347 g/mol. The van der Waals surface area contributed by atoms with Crippen LogP contribution < -0.4 is 11.2 Å². The van der Waals surface area contributed by atoms with Crippen molar-refractivity contribution in [3.63, 3.8) is 0 Å². The Labute approximate surface area is 146 Å². The Morgan fingerprint density at radius 3 is 2.72 bits per heavy atom. The number of halogens is 2. The van der Waals surface area contributed by atoms with E-state index in [4.69, 9.17) is 11.6 Å². The van der Waals surface area contributed by atoms with Crippen molar-refractivity contribution in [2.75, 3.05) is 0 Å². The molecule has 1 N–H and O–H groups in total. The molecule has 6 nitrogen and oxygen atoms in total. The molecule has 1 aromatic carbocycles. The van der Waals surface area contributed by atoms with Crippen molar-refractivity contribution in [1.29, 1.82) is 5.26 Å². The molecular formula is C17H12ClFN4O2. The number of aromatic nitrogens is 3. The maximum Gasteiger partial charge on any atom is 0.334 e. The normalized spacial score (nSPS) is 11.0. The fourth-order valence-electron chi connectivity index (χ4n) is 2.69. The van der Waals surface area contributed by atoms with Crippen molar-refractivity contribution in [2.45, 2.75) is 19.8 Å². The van der Waals surface area contributed by atoms with Crippen LogP contribution in [-0.2, 0) is 0 Å². The lowest BCUT2D eigenvalue weighted by Gasteiger charge is -2.17. The number of nitrogens with one attached hydrogen (secondary N) is 1. The van der Waals surface area contributed by atoms with Gasteiger partial charge in [-0.1, -0.05) is 37.6 Å². The number of pyridine rings is 1. The third-order valence-electron chi connectivity index (χ3n) is 3.83. The molecule has 0 saturated heterocycles. The van der Waals surface area contributed by atoms with Gasteiger partial charge in [-0.2, -0.15) is 5.26 Å². The summed E-state index contributed by atoms with van der Waals surface area (Å²) < 4.78 is 14.8. The van der Waals surface area contributed by atoms with Gasteiger partial charge in [0.05, 0.1) is 16.6 Å². The van der Waals surface area contributed by atoms with Crippen molar-refractivity contribution in [1.82, 2.24) is 14.5 Å². The van der Waals surface area contributed by atoms with Crippen LogP contribution in [0.5, 0.6) is 0 Å². The Bertz CT molecular complexity index is 1160. The smallest absolute Gasteiger partial charge is 0.273 e. The number of aromatic amines is 1. The third-order valence-corrected chi connectivity index (χ3v) is 4.09. The summed E-state index contributed by atoms with van der Waals surface area (Å²) in [6.07, 6.45) is 0. The zero-order chi connectivity index (χ0) is 18.3. The molecule has 2 aromatic heterocycles. The van der Waals surface area contributed by atoms with E-state index in [2.05, 4.69) is 9.97 Å². The number of H-pyrrole nitrogens is 1. The van der Waals surface area contributed by atoms with Crippen molar-refractivity contribution >= 4 is 22.6 Å². The van der Waals surface area contributed by atoms with E-state index >= 15 is 0 Å². The summed E-state index contributed by atoms with van der Waals surface area (Å²) in [5, 5.41) is 8.86. The highest BCUT2D eigenvalue weighted by molar-refractivity contribution is 6.29. The van der Waals surface area contributed by atoms with Gasteiger partial charge in [0, 0.05) is 0 Å². The molecule has 0 radical (unpaired) electrons. The summed E-state index contributed by atoms with van der Waals surface area (Å²) in [4.78, 5) is 30.6. The lowest BCUT2D eigenvalue weighted by Crippen LogP contribution is -2.31. The first-order valence-electron chi connectivity index (χ1n) is 7.39. The number of para-hydroxylation sites is 1. The highest BCUT2D eigenvalue weighted by Crippen LogP contribution is 2.27. The molecule has 25 heavy (non-hydrogen) atoms. The van der Waals surface area contributed by atoms with Gasteiger partial charge in [0.1, 0.15) is 6.07 Å². The van der Waals surface area contributed by atoms with Crippen molar-refractivity contribution in [3.05, 3.63) is 67.2 Å². The molecule has 0 amide bonds. The second-order valence-electron chi connectivity index (χ2n) is 5.74. The zero-order valence-electron chi connectivity index (χ0n) is 13.3. The first-order chi connectivity index (χ1) is 11.8. The summed E-state index contributed by atoms with van der Waals surface area (Å²) in [5.41, 5.74) is -0.441. The lowest BCUT2D eigenvalue weighted by molar-refractivity contribution is 0.623. The second-order valence-corrected chi connectivity index (χ2v) is 6.09. The zero-order valence-corrected chi connectivity index (χ0v) is 14.1. The van der Waals surface area contributed by atoms with Gasteiger partial charge in [-0.15, -0.1) is 0 Å². The van der Waals surface area contributed by atoms with Crippen LogP contribution in [0.25, 0.3) is 16.7 Å². The van der Waals surface area contributed by atoms with Crippen LogP contribution in [0.4, 0.5) is 4.39 Å². The molecule has 8 heteroatoms. The van der Waals surface area contributed by atoms with Gasteiger partial charge in [-0.25, -0.2) is 18.7 Å². The van der Waals surface area contributed by atoms with E-state index < -0.39 is 22.2 Å². The van der Waals surface area contributed by atoms with Gasteiger partial charge in [0.25, 0.3) is 5.56 Å². The summed E-state index contributed by atoms with van der Waals surface area (Å²) >= 11 is 5.75. The van der Waals surface area contributed by atoms with Gasteiger partial charge in [0.15, 0.2) is 16.6 Å². The van der Waals surface area contributed by atoms with Crippen molar-refractivity contribution < 1.29 is 4.39 Å². The van der Waals surface area contributed by atoms with E-state index in [9.17, 15) is 19.2 Å². The molecule has 2 heterocycles. The highest BCUT2D eigenvalue weighted by atomic mass is 35.5. The average molecular weight is 359 g/mol. The molecule has 0 unspecified atom stereocenters. The van der Waals surface area contributed by atoms with Gasteiger partial charge in [0.2, 0.25) is 0 Å². The monoisotopic (exact) mass is 358 g/mol. The van der Waals surface area contributed by atoms with Crippen molar-refractivity contribution in [2.24, 2.45) is 0 Å². The highest BCUT2D eigenvalue weighted by Gasteiger charge is 2.20. The summed E-state index contributed by atoms with van der Waals surface area (Å²) in [5.74, 6) is -0.893. The van der Waals surface area contributed by atoms with Crippen LogP contribution >= 0.6 is 11.6 Å². The van der Waals surface area contributed by atoms with Gasteiger partial charge < -0.3 is 0 Å². The second kappa shape index (κ2) is 6.15. The predicted octanol–water partition coefficient (Wildman–Crippen LogP) is 2.86. The lowest BCUT2D eigenvalue weighted by atomic mass is 9.98. The van der Waals surface area contributed by atoms with E-state index in [-0.39, 0.29) is 22.5 Å². The third kappa shape index (κ3) is 2.71. The molecule has 0 saturated carbocycles. The Hall–Kier alpha value is -2.98. The summed E-state index contributed by atoms with van der Waals surface area (Å²) in [7, 11) is 0.